The van der Waals surface area contributed by atoms with Gasteiger partial charge >= 0.3 is 0 Å². The number of rotatable bonds is 9. The van der Waals surface area contributed by atoms with Gasteiger partial charge in [0.25, 0.3) is 0 Å². The number of hydrogen-bond acceptors (Lipinski definition) is 13. The summed E-state index contributed by atoms with van der Waals surface area (Å²) in [6.45, 7) is 16.0. The fraction of sp³-hybridized carbons (Fsp3) is 0.951. The molecule has 9 N–H and O–H groups in total. The van der Waals surface area contributed by atoms with Gasteiger partial charge < -0.3 is 64.9 Å². The van der Waals surface area contributed by atoms with Crippen LogP contribution in [0.25, 0.3) is 0 Å². The molecule has 13 nitrogen and oxygen atoms in total. The van der Waals surface area contributed by atoms with E-state index in [2.05, 4.69) is 40.7 Å². The van der Waals surface area contributed by atoms with Crippen molar-refractivity contribution in [1.82, 2.24) is 0 Å². The number of aliphatic hydroxyl groups is 9. The summed E-state index contributed by atoms with van der Waals surface area (Å²) in [6, 6.07) is 0. The molecular formula is C41H70O13. The van der Waals surface area contributed by atoms with Crippen molar-refractivity contribution in [1.29, 1.82) is 0 Å². The molecule has 0 amide bonds. The van der Waals surface area contributed by atoms with Gasteiger partial charge in [0.05, 0.1) is 37.1 Å². The van der Waals surface area contributed by atoms with E-state index >= 15 is 0 Å². The first-order chi connectivity index (χ1) is 25.0. The van der Waals surface area contributed by atoms with Crippen LogP contribution in [-0.2, 0) is 18.9 Å². The van der Waals surface area contributed by atoms with Crippen LogP contribution in [0, 0.1) is 45.3 Å². The van der Waals surface area contributed by atoms with E-state index in [1.807, 2.05) is 20.8 Å². The zero-order chi connectivity index (χ0) is 39.9. The van der Waals surface area contributed by atoms with Gasteiger partial charge in [-0.15, -0.1) is 0 Å². The monoisotopic (exact) mass is 770 g/mol. The lowest BCUT2D eigenvalue weighted by Crippen LogP contribution is -2.71. The minimum absolute atomic E-state index is 0.0443. The number of allylic oxidation sites excluding steroid dienone is 2. The Balaban J connectivity index is 1.38. The summed E-state index contributed by atoms with van der Waals surface area (Å²) in [5.74, 6) is -0.513. The number of hydrogen-bond donors (Lipinski definition) is 9. The molecule has 13 heteroatoms. The Morgan fingerprint density at radius 2 is 1.52 bits per heavy atom. The van der Waals surface area contributed by atoms with Crippen molar-refractivity contribution in [2.75, 3.05) is 13.2 Å². The van der Waals surface area contributed by atoms with Crippen LogP contribution in [0.2, 0.25) is 0 Å². The van der Waals surface area contributed by atoms with Crippen LogP contribution >= 0.6 is 0 Å². The highest BCUT2D eigenvalue weighted by atomic mass is 16.8. The summed E-state index contributed by atoms with van der Waals surface area (Å²) in [5.41, 5.74) is -1.69. The lowest BCUT2D eigenvalue weighted by atomic mass is 9.34. The molecule has 0 radical (unpaired) electrons. The second-order valence-corrected chi connectivity index (χ2v) is 19.8. The summed E-state index contributed by atoms with van der Waals surface area (Å²) >= 11 is 0. The lowest BCUT2D eigenvalue weighted by Gasteiger charge is -2.72. The Morgan fingerprint density at radius 1 is 0.833 bits per heavy atom. The quantitative estimate of drug-likeness (QED) is 0.121. The number of ether oxygens (including phenoxy) is 4. The molecule has 0 spiro atoms. The molecule has 6 fully saturated rings. The summed E-state index contributed by atoms with van der Waals surface area (Å²) in [5, 5.41) is 99.6. The molecule has 2 saturated heterocycles. The van der Waals surface area contributed by atoms with Crippen molar-refractivity contribution in [3.05, 3.63) is 11.6 Å². The summed E-state index contributed by atoms with van der Waals surface area (Å²) in [6.07, 6.45) is -7.90. The zero-order valence-electron chi connectivity index (χ0n) is 33.5. The third-order valence-corrected chi connectivity index (χ3v) is 16.1. The predicted octanol–water partition coefficient (Wildman–Crippen LogP) is 1.76. The first-order valence-electron chi connectivity index (χ1n) is 20.4. The SMILES string of the molecule is CC(C)=CCC[C@](C)(O)[C@H]1CC[C@]2(C)[C@@H]1[C@H](O)C[C@@H]1[C@@]3(C)CC[C@H](O)C(C)(C)[C@H]3[C@@H](O[C@@H]3O[C@H](CO)[C@@H](O)[C@H](O)[C@H]3O[C@@H]3OC[C@@H](O)[C@H](O)[C@H]3O)C[C@]12C. The van der Waals surface area contributed by atoms with Crippen LogP contribution < -0.4 is 0 Å². The van der Waals surface area contributed by atoms with Crippen molar-refractivity contribution >= 4 is 0 Å². The van der Waals surface area contributed by atoms with E-state index in [9.17, 15) is 46.0 Å². The Bertz CT molecular complexity index is 1350. The lowest BCUT2D eigenvalue weighted by molar-refractivity contribution is -0.377. The fourth-order valence-corrected chi connectivity index (χ4v) is 13.1. The first-order valence-corrected chi connectivity index (χ1v) is 20.4. The van der Waals surface area contributed by atoms with Crippen molar-refractivity contribution in [3.63, 3.8) is 0 Å². The Morgan fingerprint density at radius 3 is 2.17 bits per heavy atom. The van der Waals surface area contributed by atoms with Crippen LogP contribution in [-0.4, -0.2) is 138 Å². The Labute approximate surface area is 320 Å². The highest BCUT2D eigenvalue weighted by Crippen LogP contribution is 2.76. The smallest absolute Gasteiger partial charge is 0.187 e. The van der Waals surface area contributed by atoms with E-state index in [0.29, 0.717) is 32.1 Å². The molecule has 0 aromatic carbocycles. The minimum Gasteiger partial charge on any atom is -0.394 e. The van der Waals surface area contributed by atoms with Gasteiger partial charge in [-0.3, -0.25) is 0 Å². The topological polar surface area (TPSA) is 219 Å². The highest BCUT2D eigenvalue weighted by Gasteiger charge is 2.73. The van der Waals surface area contributed by atoms with Gasteiger partial charge in [-0.1, -0.05) is 46.3 Å². The normalized spacial score (nSPS) is 52.8. The van der Waals surface area contributed by atoms with Crippen molar-refractivity contribution in [2.24, 2.45) is 45.3 Å². The van der Waals surface area contributed by atoms with Gasteiger partial charge in [-0.2, -0.15) is 0 Å². The second kappa shape index (κ2) is 15.1. The summed E-state index contributed by atoms with van der Waals surface area (Å²) < 4.78 is 24.8. The molecule has 2 aliphatic heterocycles. The Kier molecular flexibility index (Phi) is 12.0. The van der Waals surface area contributed by atoms with Crippen molar-refractivity contribution < 1.29 is 64.9 Å². The van der Waals surface area contributed by atoms with Gasteiger partial charge in [-0.25, -0.2) is 0 Å². The van der Waals surface area contributed by atoms with E-state index in [0.717, 1.165) is 19.3 Å². The largest absolute Gasteiger partial charge is 0.394 e. The van der Waals surface area contributed by atoms with Crippen LogP contribution in [0.5, 0.6) is 0 Å². The zero-order valence-corrected chi connectivity index (χ0v) is 33.5. The molecule has 312 valence electrons. The van der Waals surface area contributed by atoms with E-state index in [1.165, 1.54) is 5.57 Å². The molecule has 54 heavy (non-hydrogen) atoms. The molecule has 4 saturated carbocycles. The molecule has 20 atom stereocenters. The summed E-state index contributed by atoms with van der Waals surface area (Å²) in [7, 11) is 0. The van der Waals surface area contributed by atoms with Gasteiger partial charge in [0.1, 0.15) is 42.7 Å². The minimum atomic E-state index is -1.68. The van der Waals surface area contributed by atoms with E-state index in [-0.39, 0.29) is 30.3 Å². The van der Waals surface area contributed by atoms with Gasteiger partial charge in [-0.05, 0) is 117 Å². The standard InChI is InChI=1S/C41H70O13/c1-20(2)10-9-13-41(8,50)21-11-15-39(6)28(21)22(43)16-26-38(5)14-12-27(45)37(3,4)34(38)24(17-40(26,39)7)52-36-33(31(48)30(47)25(18-42)53-36)54-35-32(49)29(46)23(44)19-51-35/h10,21-36,42-50H,9,11-19H2,1-8H3/t21-,22+,23+,24-,25+,26+,27-,28-,29-,30+,31-,32+,33+,34+,35-,36+,38+,39+,40+,41-/m0/s1. The van der Waals surface area contributed by atoms with Crippen molar-refractivity contribution in [2.45, 2.75) is 186 Å². The second-order valence-electron chi connectivity index (χ2n) is 19.8. The number of fused-ring (bicyclic) bond motifs is 5. The van der Waals surface area contributed by atoms with Crippen LogP contribution in [0.3, 0.4) is 0 Å². The van der Waals surface area contributed by atoms with E-state index in [4.69, 9.17) is 18.9 Å². The maximum Gasteiger partial charge on any atom is 0.187 e. The summed E-state index contributed by atoms with van der Waals surface area (Å²) in [4.78, 5) is 0. The highest BCUT2D eigenvalue weighted by molar-refractivity contribution is 5.22. The third kappa shape index (κ3) is 6.86. The van der Waals surface area contributed by atoms with Crippen LogP contribution in [0.15, 0.2) is 11.6 Å². The molecule has 0 aromatic heterocycles. The van der Waals surface area contributed by atoms with Gasteiger partial charge in [0.15, 0.2) is 12.6 Å². The maximum atomic E-state index is 12.2. The van der Waals surface area contributed by atoms with Crippen LogP contribution in [0.4, 0.5) is 0 Å². The average Bonchev–Trinajstić information content (AvgIpc) is 3.48. The first kappa shape index (κ1) is 42.8. The fourth-order valence-electron chi connectivity index (χ4n) is 13.1. The molecular weight excluding hydrogens is 700 g/mol. The molecule has 0 bridgehead atoms. The van der Waals surface area contributed by atoms with Gasteiger partial charge in [0, 0.05) is 0 Å². The predicted molar refractivity (Wildman–Crippen MR) is 196 cm³/mol. The van der Waals surface area contributed by atoms with Crippen LogP contribution in [0.1, 0.15) is 107 Å². The molecule has 4 aliphatic carbocycles. The van der Waals surface area contributed by atoms with Gasteiger partial charge in [0.2, 0.25) is 0 Å². The molecule has 0 unspecified atom stereocenters. The maximum absolute atomic E-state index is 12.2. The average molecular weight is 771 g/mol. The molecule has 0 aromatic rings. The molecule has 6 aliphatic rings. The van der Waals surface area contributed by atoms with E-state index in [1.54, 1.807) is 0 Å². The Hall–Kier alpha value is -0.780. The number of aliphatic hydroxyl groups excluding tert-OH is 8. The van der Waals surface area contributed by atoms with E-state index < -0.39 is 107 Å². The molecule has 2 heterocycles. The third-order valence-electron chi connectivity index (χ3n) is 16.1. The molecule has 6 rings (SSSR count). The van der Waals surface area contributed by atoms with Crippen molar-refractivity contribution in [3.8, 4) is 0 Å².